The molecule has 1 aromatic carbocycles. The molecule has 0 atom stereocenters. The fourth-order valence-corrected chi connectivity index (χ4v) is 3.95. The molecular weight excluding hydrogens is 356 g/mol. The van der Waals surface area contributed by atoms with Gasteiger partial charge in [0.2, 0.25) is 0 Å². The Labute approximate surface area is 164 Å². The summed E-state index contributed by atoms with van der Waals surface area (Å²) in [6.07, 6.45) is 0.963. The number of nitrogens with one attached hydrogen (secondary N) is 2. The minimum Gasteiger partial charge on any atom is -0.497 e. The second-order valence-corrected chi connectivity index (χ2v) is 7.34. The van der Waals surface area contributed by atoms with E-state index in [0.717, 1.165) is 51.8 Å². The molecule has 0 saturated carbocycles. The highest BCUT2D eigenvalue weighted by molar-refractivity contribution is 5.90. The van der Waals surface area contributed by atoms with Gasteiger partial charge in [-0.2, -0.15) is 0 Å². The Hall–Kier alpha value is -2.93. The van der Waals surface area contributed by atoms with Crippen molar-refractivity contribution in [3.8, 4) is 11.3 Å². The second-order valence-electron chi connectivity index (χ2n) is 7.34. The van der Waals surface area contributed by atoms with E-state index >= 15 is 0 Å². The zero-order valence-corrected chi connectivity index (χ0v) is 16.8. The number of allylic oxidation sites excluding steroid dienone is 2. The monoisotopic (exact) mass is 382 g/mol. The standard InChI is InChI=1S/C21H26N4O3/c1-24(2)9-10-25-20-13-7-5-6-8-16(13)22-23-19(20)14-11-17(27-3)18(28-4)12-15(14)21(25)26/h5-8,22-23H,9-12H2,1-4H3. The first-order chi connectivity index (χ1) is 13.5. The Morgan fingerprint density at radius 3 is 2.39 bits per heavy atom. The van der Waals surface area contributed by atoms with Gasteiger partial charge in [0.05, 0.1) is 31.3 Å². The van der Waals surface area contributed by atoms with Gasteiger partial charge in [0, 0.05) is 37.1 Å². The van der Waals surface area contributed by atoms with Crippen LogP contribution in [0.15, 0.2) is 40.6 Å². The summed E-state index contributed by atoms with van der Waals surface area (Å²) in [6.45, 7) is 1.39. The summed E-state index contributed by atoms with van der Waals surface area (Å²) >= 11 is 0. The molecular formula is C21H26N4O3. The third-order valence-corrected chi connectivity index (χ3v) is 5.43. The van der Waals surface area contributed by atoms with Crippen molar-refractivity contribution in [2.75, 3.05) is 45.7 Å². The van der Waals surface area contributed by atoms with Crippen molar-refractivity contribution in [1.29, 1.82) is 0 Å². The molecule has 28 heavy (non-hydrogen) atoms. The van der Waals surface area contributed by atoms with E-state index in [1.165, 1.54) is 0 Å². The van der Waals surface area contributed by atoms with E-state index in [1.807, 2.05) is 36.9 Å². The number of methoxy groups -OCH3 is 2. The van der Waals surface area contributed by atoms with E-state index in [1.54, 1.807) is 14.2 Å². The van der Waals surface area contributed by atoms with Gasteiger partial charge < -0.3 is 24.4 Å². The van der Waals surface area contributed by atoms with Gasteiger partial charge >= 0.3 is 0 Å². The van der Waals surface area contributed by atoms with Gasteiger partial charge in [0.25, 0.3) is 5.56 Å². The highest BCUT2D eigenvalue weighted by Gasteiger charge is 2.31. The second kappa shape index (κ2) is 7.24. The molecule has 4 rings (SSSR count). The molecule has 2 heterocycles. The molecule has 2 aromatic rings. The topological polar surface area (TPSA) is 67.8 Å². The van der Waals surface area contributed by atoms with Gasteiger partial charge in [0.15, 0.2) is 0 Å². The molecule has 0 bridgehead atoms. The zero-order chi connectivity index (χ0) is 19.8. The van der Waals surface area contributed by atoms with E-state index in [0.29, 0.717) is 19.4 Å². The number of hydrazine groups is 1. The van der Waals surface area contributed by atoms with Gasteiger partial charge in [-0.1, -0.05) is 18.2 Å². The summed E-state index contributed by atoms with van der Waals surface area (Å²) in [5.74, 6) is 1.48. The zero-order valence-electron chi connectivity index (χ0n) is 16.8. The highest BCUT2D eigenvalue weighted by atomic mass is 16.5. The summed E-state index contributed by atoms with van der Waals surface area (Å²) in [6, 6.07) is 8.04. The maximum atomic E-state index is 13.5. The number of fused-ring (bicyclic) bond motifs is 5. The van der Waals surface area contributed by atoms with E-state index in [-0.39, 0.29) is 5.56 Å². The number of likely N-dealkylation sites (N-methyl/N-ethyl adjacent to an activating group) is 1. The Kier molecular flexibility index (Phi) is 4.77. The fourth-order valence-electron chi connectivity index (χ4n) is 3.95. The van der Waals surface area contributed by atoms with Crippen molar-refractivity contribution < 1.29 is 9.47 Å². The Balaban J connectivity index is 1.96. The molecule has 0 amide bonds. The van der Waals surface area contributed by atoms with Crippen LogP contribution in [0.5, 0.6) is 0 Å². The van der Waals surface area contributed by atoms with Gasteiger partial charge in [-0.15, -0.1) is 0 Å². The average Bonchev–Trinajstić information content (AvgIpc) is 2.72. The van der Waals surface area contributed by atoms with Gasteiger partial charge in [0.1, 0.15) is 11.5 Å². The lowest BCUT2D eigenvalue weighted by molar-refractivity contribution is 0.206. The molecule has 0 unspecified atom stereocenters. The quantitative estimate of drug-likeness (QED) is 0.828. The van der Waals surface area contributed by atoms with Gasteiger partial charge in [-0.05, 0) is 25.7 Å². The Morgan fingerprint density at radius 1 is 1.04 bits per heavy atom. The van der Waals surface area contributed by atoms with Crippen LogP contribution < -0.4 is 16.4 Å². The van der Waals surface area contributed by atoms with E-state index in [4.69, 9.17) is 9.47 Å². The summed E-state index contributed by atoms with van der Waals surface area (Å²) in [4.78, 5) is 15.6. The molecule has 1 aromatic heterocycles. The number of hydrogen-bond donors (Lipinski definition) is 2. The van der Waals surface area contributed by atoms with Crippen molar-refractivity contribution in [2.24, 2.45) is 0 Å². The lowest BCUT2D eigenvalue weighted by Gasteiger charge is -2.32. The van der Waals surface area contributed by atoms with E-state index < -0.39 is 0 Å². The van der Waals surface area contributed by atoms with Crippen LogP contribution >= 0.6 is 0 Å². The third-order valence-electron chi connectivity index (χ3n) is 5.43. The van der Waals surface area contributed by atoms with E-state index in [2.05, 4.69) is 21.8 Å². The van der Waals surface area contributed by atoms with Crippen LogP contribution in [0.4, 0.5) is 11.4 Å². The molecule has 2 aliphatic rings. The minimum absolute atomic E-state index is 0.0406. The van der Waals surface area contributed by atoms with Crippen LogP contribution in [0.2, 0.25) is 0 Å². The first kappa shape index (κ1) is 18.4. The number of ether oxygens (including phenoxy) is 2. The van der Waals surface area contributed by atoms with Crippen molar-refractivity contribution in [2.45, 2.75) is 19.4 Å². The summed E-state index contributed by atoms with van der Waals surface area (Å²) in [5.41, 5.74) is 12.2. The van der Waals surface area contributed by atoms with Crippen molar-refractivity contribution in [1.82, 2.24) is 9.47 Å². The SMILES string of the molecule is COC1=C(OC)Cc2c(c3c(n(CCN(C)C)c2=O)-c2ccccc2NN3)C1. The first-order valence-electron chi connectivity index (χ1n) is 9.39. The molecule has 1 aliphatic carbocycles. The number of para-hydroxylation sites is 1. The highest BCUT2D eigenvalue weighted by Crippen LogP contribution is 2.41. The number of nitrogens with zero attached hydrogens (tertiary/aromatic N) is 2. The van der Waals surface area contributed by atoms with Crippen LogP contribution in [-0.2, 0) is 28.9 Å². The number of pyridine rings is 1. The number of hydrogen-bond acceptors (Lipinski definition) is 6. The lowest BCUT2D eigenvalue weighted by atomic mass is 9.90. The van der Waals surface area contributed by atoms with Crippen LogP contribution in [0.1, 0.15) is 11.1 Å². The summed E-state index contributed by atoms with van der Waals surface area (Å²) < 4.78 is 13.0. The van der Waals surface area contributed by atoms with Crippen molar-refractivity contribution in [3.63, 3.8) is 0 Å². The molecule has 2 N–H and O–H groups in total. The summed E-state index contributed by atoms with van der Waals surface area (Å²) in [7, 11) is 7.30. The van der Waals surface area contributed by atoms with Crippen LogP contribution in [0, 0.1) is 0 Å². The Bertz CT molecular complexity index is 1010. The number of benzene rings is 1. The number of aromatic nitrogens is 1. The fraction of sp³-hybridized carbons (Fsp3) is 0.381. The molecule has 7 heteroatoms. The van der Waals surface area contributed by atoms with Gasteiger partial charge in [-0.25, -0.2) is 0 Å². The largest absolute Gasteiger partial charge is 0.497 e. The predicted octanol–water partition coefficient (Wildman–Crippen LogP) is 2.43. The molecule has 148 valence electrons. The van der Waals surface area contributed by atoms with Crippen molar-refractivity contribution in [3.05, 3.63) is 57.3 Å². The smallest absolute Gasteiger partial charge is 0.255 e. The van der Waals surface area contributed by atoms with Gasteiger partial charge in [-0.3, -0.25) is 10.2 Å². The first-order valence-corrected chi connectivity index (χ1v) is 9.39. The molecule has 7 nitrogen and oxygen atoms in total. The number of rotatable bonds is 5. The minimum atomic E-state index is 0.0406. The maximum Gasteiger partial charge on any atom is 0.255 e. The van der Waals surface area contributed by atoms with Crippen LogP contribution in [-0.4, -0.2) is 44.3 Å². The maximum absolute atomic E-state index is 13.5. The predicted molar refractivity (Wildman–Crippen MR) is 110 cm³/mol. The summed E-state index contributed by atoms with van der Waals surface area (Å²) in [5, 5.41) is 0. The molecule has 0 saturated heterocycles. The Morgan fingerprint density at radius 2 is 1.71 bits per heavy atom. The molecule has 1 aliphatic heterocycles. The normalized spacial score (nSPS) is 14.6. The number of anilines is 2. The lowest BCUT2D eigenvalue weighted by Crippen LogP contribution is -2.35. The average molecular weight is 382 g/mol. The van der Waals surface area contributed by atoms with E-state index in [9.17, 15) is 4.79 Å². The third kappa shape index (κ3) is 2.92. The molecule has 0 spiro atoms. The molecule has 0 radical (unpaired) electrons. The van der Waals surface area contributed by atoms with Crippen LogP contribution in [0.25, 0.3) is 11.3 Å². The molecule has 0 fully saturated rings. The van der Waals surface area contributed by atoms with Crippen LogP contribution in [0.3, 0.4) is 0 Å². The van der Waals surface area contributed by atoms with Crippen molar-refractivity contribution >= 4 is 11.4 Å².